The third-order valence-electron chi connectivity index (χ3n) is 4.72. The van der Waals surface area contributed by atoms with E-state index in [1.54, 1.807) is 12.1 Å². The van der Waals surface area contributed by atoms with Crippen LogP contribution in [0, 0.1) is 5.92 Å². The van der Waals surface area contributed by atoms with Crippen molar-refractivity contribution in [2.24, 2.45) is 5.92 Å². The van der Waals surface area contributed by atoms with E-state index in [1.807, 2.05) is 4.90 Å². The Balaban J connectivity index is 1.72. The van der Waals surface area contributed by atoms with Crippen LogP contribution in [0.25, 0.3) is 0 Å². The highest BCUT2D eigenvalue weighted by atomic mass is 16.3. The molecular weight excluding hydrogens is 254 g/mol. The number of pyridine rings is 1. The summed E-state index contributed by atoms with van der Waals surface area (Å²) in [5.74, 6) is 0.153. The van der Waals surface area contributed by atoms with Crippen LogP contribution >= 0.6 is 0 Å². The summed E-state index contributed by atoms with van der Waals surface area (Å²) in [6.45, 7) is 1.25. The monoisotopic (exact) mass is 275 g/mol. The Morgan fingerprint density at radius 2 is 2.25 bits per heavy atom. The molecule has 108 valence electrons. The zero-order valence-corrected chi connectivity index (χ0v) is 11.6. The summed E-state index contributed by atoms with van der Waals surface area (Å²) in [6, 6.07) is 3.36. The molecule has 2 heterocycles. The second-order valence-electron chi connectivity index (χ2n) is 6.02. The Kier molecular flexibility index (Phi) is 3.38. The lowest BCUT2D eigenvalue weighted by molar-refractivity contribution is -0.0886. The molecule has 1 aliphatic carbocycles. The molecular formula is C15H21N3O2. The molecule has 0 bridgehead atoms. The number of likely N-dealkylation sites (tertiary alicyclic amines) is 1. The Hall–Kier alpha value is -1.62. The van der Waals surface area contributed by atoms with Gasteiger partial charge >= 0.3 is 0 Å². The van der Waals surface area contributed by atoms with Crippen molar-refractivity contribution in [1.29, 1.82) is 0 Å². The van der Waals surface area contributed by atoms with Crippen molar-refractivity contribution in [3.8, 4) is 0 Å². The van der Waals surface area contributed by atoms with Crippen molar-refractivity contribution < 1.29 is 9.90 Å². The van der Waals surface area contributed by atoms with Crippen molar-refractivity contribution in [1.82, 2.24) is 9.88 Å². The molecule has 0 radical (unpaired) electrons. The van der Waals surface area contributed by atoms with Crippen LogP contribution in [0.2, 0.25) is 0 Å². The van der Waals surface area contributed by atoms with E-state index in [1.165, 1.54) is 6.20 Å². The molecule has 1 saturated heterocycles. The second kappa shape index (κ2) is 5.05. The zero-order valence-electron chi connectivity index (χ0n) is 11.6. The normalized spacial score (nSPS) is 29.9. The highest BCUT2D eigenvalue weighted by molar-refractivity contribution is 5.92. The summed E-state index contributed by atoms with van der Waals surface area (Å²) in [7, 11) is 0. The highest BCUT2D eigenvalue weighted by Crippen LogP contribution is 2.39. The van der Waals surface area contributed by atoms with Gasteiger partial charge in [0.05, 0.1) is 17.5 Å². The van der Waals surface area contributed by atoms with E-state index in [4.69, 9.17) is 5.73 Å². The van der Waals surface area contributed by atoms with Gasteiger partial charge in [-0.1, -0.05) is 12.8 Å². The van der Waals surface area contributed by atoms with Crippen LogP contribution in [0.1, 0.15) is 42.6 Å². The molecule has 1 aromatic heterocycles. The number of carbonyl (C=O) groups is 1. The summed E-state index contributed by atoms with van der Waals surface area (Å²) in [5, 5.41) is 10.6. The maximum absolute atomic E-state index is 12.4. The first-order chi connectivity index (χ1) is 9.58. The first-order valence-electron chi connectivity index (χ1n) is 7.32. The quantitative estimate of drug-likeness (QED) is 0.812. The number of piperidine rings is 1. The number of aliphatic hydroxyl groups is 1. The predicted octanol–water partition coefficient (Wildman–Crippen LogP) is 1.43. The van der Waals surface area contributed by atoms with Gasteiger partial charge < -0.3 is 15.7 Å². The fraction of sp³-hybridized carbons (Fsp3) is 0.600. The van der Waals surface area contributed by atoms with Gasteiger partial charge in [0.2, 0.25) is 0 Å². The fourth-order valence-corrected chi connectivity index (χ4v) is 3.45. The molecule has 0 spiro atoms. The Bertz CT molecular complexity index is 502. The fourth-order valence-electron chi connectivity index (χ4n) is 3.45. The Morgan fingerprint density at radius 3 is 3.00 bits per heavy atom. The van der Waals surface area contributed by atoms with E-state index in [0.29, 0.717) is 30.9 Å². The molecule has 3 rings (SSSR count). The summed E-state index contributed by atoms with van der Waals surface area (Å²) in [6.07, 6.45) is 6.32. The number of fused-ring (bicyclic) bond motifs is 1. The average molecular weight is 275 g/mol. The molecule has 2 aliphatic rings. The molecule has 2 fully saturated rings. The highest BCUT2D eigenvalue weighted by Gasteiger charge is 2.43. The molecule has 0 aromatic carbocycles. The van der Waals surface area contributed by atoms with Gasteiger partial charge in [-0.2, -0.15) is 0 Å². The Labute approximate surface area is 118 Å². The van der Waals surface area contributed by atoms with Crippen LogP contribution in [0.15, 0.2) is 18.3 Å². The molecule has 5 nitrogen and oxygen atoms in total. The van der Waals surface area contributed by atoms with Gasteiger partial charge in [0.1, 0.15) is 5.69 Å². The predicted molar refractivity (Wildman–Crippen MR) is 76.1 cm³/mol. The number of carbonyl (C=O) groups excluding carboxylic acids is 1. The molecule has 20 heavy (non-hydrogen) atoms. The average Bonchev–Trinajstić information content (AvgIpc) is 2.46. The maximum atomic E-state index is 12.4. The standard InChI is InChI=1S/C15H21N3O2/c16-12-4-5-13(17-9-12)14(19)18-8-7-15(20)6-2-1-3-11(15)10-18/h4-5,9,11,20H,1-3,6-8,10,16H2. The maximum Gasteiger partial charge on any atom is 0.272 e. The zero-order chi connectivity index (χ0) is 14.2. The number of amides is 1. The third-order valence-corrected chi connectivity index (χ3v) is 4.72. The minimum Gasteiger partial charge on any atom is -0.397 e. The number of nitrogens with two attached hydrogens (primary N) is 1. The van der Waals surface area contributed by atoms with Crippen LogP contribution < -0.4 is 5.73 Å². The van der Waals surface area contributed by atoms with E-state index in [-0.39, 0.29) is 11.8 Å². The molecule has 3 N–H and O–H groups in total. The van der Waals surface area contributed by atoms with Crippen molar-refractivity contribution >= 4 is 11.6 Å². The van der Waals surface area contributed by atoms with Crippen molar-refractivity contribution in [2.75, 3.05) is 18.8 Å². The van der Waals surface area contributed by atoms with Crippen molar-refractivity contribution in [2.45, 2.75) is 37.7 Å². The number of nitrogen functional groups attached to an aromatic ring is 1. The van der Waals surface area contributed by atoms with E-state index >= 15 is 0 Å². The topological polar surface area (TPSA) is 79.5 Å². The summed E-state index contributed by atoms with van der Waals surface area (Å²) in [4.78, 5) is 18.3. The number of hydrogen-bond acceptors (Lipinski definition) is 4. The molecule has 1 saturated carbocycles. The van der Waals surface area contributed by atoms with Gasteiger partial charge in [0.15, 0.2) is 0 Å². The molecule has 2 unspecified atom stereocenters. The molecule has 2 atom stereocenters. The van der Waals surface area contributed by atoms with Gasteiger partial charge in [-0.3, -0.25) is 4.79 Å². The second-order valence-corrected chi connectivity index (χ2v) is 6.02. The SMILES string of the molecule is Nc1ccc(C(=O)N2CCC3(O)CCCCC3C2)nc1. The Morgan fingerprint density at radius 1 is 1.40 bits per heavy atom. The first kappa shape index (κ1) is 13.4. The van der Waals surface area contributed by atoms with Crippen LogP contribution in [0.3, 0.4) is 0 Å². The minimum atomic E-state index is -0.552. The van der Waals surface area contributed by atoms with Gasteiger partial charge in [-0.25, -0.2) is 4.98 Å². The molecule has 1 aliphatic heterocycles. The smallest absolute Gasteiger partial charge is 0.272 e. The van der Waals surface area contributed by atoms with Crippen LogP contribution in [0.5, 0.6) is 0 Å². The van der Waals surface area contributed by atoms with Gasteiger partial charge in [-0.05, 0) is 31.4 Å². The number of anilines is 1. The molecule has 1 aromatic rings. The largest absolute Gasteiger partial charge is 0.397 e. The number of aromatic nitrogens is 1. The lowest BCUT2D eigenvalue weighted by Gasteiger charge is -2.47. The molecule has 5 heteroatoms. The van der Waals surface area contributed by atoms with Crippen LogP contribution in [-0.2, 0) is 0 Å². The third kappa shape index (κ3) is 2.38. The van der Waals surface area contributed by atoms with E-state index in [2.05, 4.69) is 4.98 Å². The first-order valence-corrected chi connectivity index (χ1v) is 7.32. The van der Waals surface area contributed by atoms with Crippen LogP contribution in [0.4, 0.5) is 5.69 Å². The van der Waals surface area contributed by atoms with Gasteiger partial charge in [0, 0.05) is 19.0 Å². The lowest BCUT2D eigenvalue weighted by atomic mass is 9.71. The number of hydrogen-bond donors (Lipinski definition) is 2. The summed E-state index contributed by atoms with van der Waals surface area (Å²) < 4.78 is 0. The number of rotatable bonds is 1. The van der Waals surface area contributed by atoms with Crippen LogP contribution in [-0.4, -0.2) is 39.6 Å². The van der Waals surface area contributed by atoms with Crippen molar-refractivity contribution in [3.05, 3.63) is 24.0 Å². The van der Waals surface area contributed by atoms with Gasteiger partial charge in [-0.15, -0.1) is 0 Å². The minimum absolute atomic E-state index is 0.0578. The number of nitrogens with zero attached hydrogens (tertiary/aromatic N) is 2. The van der Waals surface area contributed by atoms with E-state index in [0.717, 1.165) is 25.7 Å². The van der Waals surface area contributed by atoms with Crippen molar-refractivity contribution in [3.63, 3.8) is 0 Å². The molecule has 1 amide bonds. The lowest BCUT2D eigenvalue weighted by Crippen LogP contribution is -2.54. The summed E-state index contributed by atoms with van der Waals surface area (Å²) in [5.41, 5.74) is 6.03. The van der Waals surface area contributed by atoms with E-state index in [9.17, 15) is 9.90 Å². The summed E-state index contributed by atoms with van der Waals surface area (Å²) >= 11 is 0. The van der Waals surface area contributed by atoms with Gasteiger partial charge in [0.25, 0.3) is 5.91 Å². The van der Waals surface area contributed by atoms with E-state index < -0.39 is 5.60 Å².